The number of carbonyl (C=O) groups is 4. The van der Waals surface area contributed by atoms with Crippen molar-refractivity contribution in [1.82, 2.24) is 4.90 Å². The Morgan fingerprint density at radius 2 is 0.505 bits per heavy atom. The average molecular weight is 1500 g/mol. The van der Waals surface area contributed by atoms with E-state index in [0.29, 0.717) is 25.7 Å². The molecule has 616 valence electrons. The van der Waals surface area contributed by atoms with Gasteiger partial charge in [-0.15, -0.1) is 0 Å². The van der Waals surface area contributed by atoms with Gasteiger partial charge in [-0.1, -0.05) is 385 Å². The van der Waals surface area contributed by atoms with Gasteiger partial charge in [0.25, 0.3) is 0 Å². The summed E-state index contributed by atoms with van der Waals surface area (Å²) >= 11 is 0. The topological polar surface area (TPSA) is 146 Å². The Labute approximate surface area is 651 Å². The van der Waals surface area contributed by atoms with Gasteiger partial charge < -0.3 is 14.4 Å². The molecule has 0 saturated carbocycles. The van der Waals surface area contributed by atoms with Gasteiger partial charge in [0.2, 0.25) is 11.8 Å². The Morgan fingerprint density at radius 3 is 0.762 bits per heavy atom. The number of hydrogen-bond acceptors (Lipinski definition) is 9. The quantitative estimate of drug-likeness (QED) is 0.0270. The summed E-state index contributed by atoms with van der Waals surface area (Å²) in [6.07, 6.45) is 100. The smallest absolute Gasteiger partial charge is 0.462 e. The first-order chi connectivity index (χ1) is 51.6. The van der Waals surface area contributed by atoms with Crippen LogP contribution in [-0.4, -0.2) is 66.0 Å². The number of unbranched alkanes of at least 4 members (excludes halogenated alkanes) is 60. The van der Waals surface area contributed by atoms with Gasteiger partial charge in [0.05, 0.1) is 19.8 Å². The van der Waals surface area contributed by atoms with E-state index in [1.165, 1.54) is 339 Å². The predicted octanol–water partition coefficient (Wildman–Crippen LogP) is 30.3. The summed E-state index contributed by atoms with van der Waals surface area (Å²) in [5, 5.41) is 0. The summed E-state index contributed by atoms with van der Waals surface area (Å²) < 4.78 is 35.8. The molecule has 1 unspecified atom stereocenters. The zero-order valence-corrected chi connectivity index (χ0v) is 70.8. The molecule has 2 atom stereocenters. The molecule has 0 saturated heterocycles. The Bertz CT molecular complexity index is 1960. The number of carbonyl (C=O) groups excluding carboxylic acids is 4. The van der Waals surface area contributed by atoms with E-state index in [1.807, 2.05) is 0 Å². The summed E-state index contributed by atoms with van der Waals surface area (Å²) in [6, 6.07) is 0. The van der Waals surface area contributed by atoms with E-state index in [0.717, 1.165) is 77.0 Å². The van der Waals surface area contributed by atoms with E-state index in [2.05, 4.69) is 76.3 Å². The number of amides is 2. The fourth-order valence-electron chi connectivity index (χ4n) is 13.9. The molecule has 12 heteroatoms. The molecule has 0 aliphatic rings. The van der Waals surface area contributed by atoms with E-state index in [1.54, 1.807) is 0 Å². The maximum Gasteiger partial charge on any atom is 0.472 e. The molecule has 0 aliphatic heterocycles. The zero-order valence-electron chi connectivity index (χ0n) is 70.0. The zero-order chi connectivity index (χ0) is 76.2. The maximum atomic E-state index is 13.8. The highest BCUT2D eigenvalue weighted by Crippen LogP contribution is 2.43. The fraction of sp³-hybridized carbons (Fsp3) is 0.871. The number of ether oxygens (including phenoxy) is 2. The summed E-state index contributed by atoms with van der Waals surface area (Å²) in [5.41, 5.74) is 0. The van der Waals surface area contributed by atoms with Crippen LogP contribution in [0.25, 0.3) is 0 Å². The van der Waals surface area contributed by atoms with Gasteiger partial charge >= 0.3 is 19.8 Å². The number of allylic oxidation sites excluding steroid dienone is 8. The summed E-state index contributed by atoms with van der Waals surface area (Å²) in [7, 11) is -4.77. The van der Waals surface area contributed by atoms with Gasteiger partial charge in [-0.25, -0.2) is 4.57 Å². The van der Waals surface area contributed by atoms with Crippen molar-refractivity contribution >= 4 is 31.6 Å². The van der Waals surface area contributed by atoms with Gasteiger partial charge in [0.1, 0.15) is 6.61 Å². The molecule has 0 radical (unpaired) electrons. The van der Waals surface area contributed by atoms with Crippen molar-refractivity contribution in [3.05, 3.63) is 48.6 Å². The van der Waals surface area contributed by atoms with Crippen LogP contribution in [-0.2, 0) is 42.3 Å². The molecule has 0 aromatic rings. The standard InChI is InChI=1S/C93H174NO10P/c1-5-9-13-17-21-25-29-33-37-41-45-49-53-57-61-65-69-73-77-81-90(95)94(91(96)82-78-74-70-66-62-58-54-50-46-42-38-34-30-26-22-18-14-10-6-2)85-86-102-105(99,100)103-88-89(104-93(98)84-80-76-72-68-64-60-56-52-48-44-40-36-32-28-24-20-16-12-8-4)87-101-92(97)83-79-75-71-67-63-59-55-51-47-43-39-35-31-27-23-19-15-11-7-3/h33-40,89H,5-32,41-88H2,1-4H3,(H,99,100)/b37-33-,38-34-,39-35-,40-36-/t89-/m1/s1. The summed E-state index contributed by atoms with van der Waals surface area (Å²) in [6.45, 7) is 7.64. The van der Waals surface area contributed by atoms with Crippen molar-refractivity contribution in [2.24, 2.45) is 0 Å². The van der Waals surface area contributed by atoms with Crippen molar-refractivity contribution in [1.29, 1.82) is 0 Å². The largest absolute Gasteiger partial charge is 0.472 e. The van der Waals surface area contributed by atoms with E-state index in [9.17, 15) is 28.6 Å². The van der Waals surface area contributed by atoms with Crippen LogP contribution in [0.1, 0.15) is 490 Å². The van der Waals surface area contributed by atoms with Gasteiger partial charge in [-0.05, 0) is 128 Å². The van der Waals surface area contributed by atoms with Crippen molar-refractivity contribution in [3.8, 4) is 0 Å². The molecular formula is C93H174NO10P. The molecule has 0 heterocycles. The highest BCUT2D eigenvalue weighted by molar-refractivity contribution is 7.47. The lowest BCUT2D eigenvalue weighted by Crippen LogP contribution is -2.39. The van der Waals surface area contributed by atoms with Crippen LogP contribution in [0.5, 0.6) is 0 Å². The van der Waals surface area contributed by atoms with E-state index >= 15 is 0 Å². The van der Waals surface area contributed by atoms with Crippen molar-refractivity contribution in [3.63, 3.8) is 0 Å². The van der Waals surface area contributed by atoms with Crippen LogP contribution in [0.2, 0.25) is 0 Å². The Kier molecular flexibility index (Phi) is 82.8. The van der Waals surface area contributed by atoms with Crippen molar-refractivity contribution < 1.29 is 47.2 Å². The molecule has 11 nitrogen and oxygen atoms in total. The lowest BCUT2D eigenvalue weighted by Gasteiger charge is -2.23. The second kappa shape index (κ2) is 85.2. The number of imide groups is 1. The highest BCUT2D eigenvalue weighted by Gasteiger charge is 2.28. The Morgan fingerprint density at radius 1 is 0.286 bits per heavy atom. The van der Waals surface area contributed by atoms with Crippen molar-refractivity contribution in [2.45, 2.75) is 496 Å². The first-order valence-corrected chi connectivity index (χ1v) is 47.5. The van der Waals surface area contributed by atoms with Gasteiger partial charge in [-0.2, -0.15) is 0 Å². The van der Waals surface area contributed by atoms with Gasteiger partial charge in [0.15, 0.2) is 6.10 Å². The number of phosphoric ester groups is 1. The number of hydrogen-bond donors (Lipinski definition) is 1. The van der Waals surface area contributed by atoms with Crippen LogP contribution >= 0.6 is 7.82 Å². The number of rotatable bonds is 86. The molecule has 0 aromatic carbocycles. The van der Waals surface area contributed by atoms with E-state index in [4.69, 9.17) is 18.5 Å². The number of phosphoric acid groups is 1. The minimum Gasteiger partial charge on any atom is -0.462 e. The third-order valence-electron chi connectivity index (χ3n) is 20.9. The monoisotopic (exact) mass is 1500 g/mol. The van der Waals surface area contributed by atoms with Crippen LogP contribution in [0, 0.1) is 0 Å². The molecule has 1 N–H and O–H groups in total. The molecule has 105 heavy (non-hydrogen) atoms. The summed E-state index contributed by atoms with van der Waals surface area (Å²) in [5.74, 6) is -1.48. The lowest BCUT2D eigenvalue weighted by atomic mass is 10.0. The van der Waals surface area contributed by atoms with Crippen LogP contribution < -0.4 is 0 Å². The predicted molar refractivity (Wildman–Crippen MR) is 451 cm³/mol. The molecule has 0 spiro atoms. The van der Waals surface area contributed by atoms with Gasteiger partial charge in [-0.3, -0.25) is 33.1 Å². The molecule has 0 rings (SSSR count). The first kappa shape index (κ1) is 102. The third-order valence-corrected chi connectivity index (χ3v) is 21.9. The minimum absolute atomic E-state index is 0.175. The van der Waals surface area contributed by atoms with Crippen LogP contribution in [0.4, 0.5) is 0 Å². The van der Waals surface area contributed by atoms with Crippen LogP contribution in [0.15, 0.2) is 48.6 Å². The Balaban J connectivity index is 5.34. The molecule has 0 aromatic heterocycles. The normalized spacial score (nSPS) is 12.8. The van der Waals surface area contributed by atoms with Gasteiger partial charge in [0, 0.05) is 25.7 Å². The average Bonchev–Trinajstić information content (AvgIpc) is 0.904. The second-order valence-electron chi connectivity index (χ2n) is 31.3. The minimum atomic E-state index is -4.77. The molecule has 0 bridgehead atoms. The van der Waals surface area contributed by atoms with E-state index in [-0.39, 0.29) is 50.6 Å². The maximum absolute atomic E-state index is 13.8. The second-order valence-corrected chi connectivity index (χ2v) is 32.8. The highest BCUT2D eigenvalue weighted by atomic mass is 31.2. The van der Waals surface area contributed by atoms with Crippen molar-refractivity contribution in [2.75, 3.05) is 26.4 Å². The molecule has 0 fully saturated rings. The molecule has 2 amide bonds. The van der Waals surface area contributed by atoms with Crippen LogP contribution in [0.3, 0.4) is 0 Å². The van der Waals surface area contributed by atoms with E-state index < -0.39 is 39.1 Å². The third kappa shape index (κ3) is 80.5. The molecule has 0 aliphatic carbocycles. The SMILES string of the molecule is CCCCCCCC/C=C\CCCCCCCCCCCC(=O)OC[C@H](COP(=O)(O)OCCN(C(=O)CCCCCCCCCCC/C=C\CCCCCCCC)C(=O)CCCCCCCCCCC/C=C\CCCCCCCC)OC(=O)CCCCCCCCCCC/C=C\CCCCCCCC. The Hall–Kier alpha value is -2.85. The molecular weight excluding hydrogens is 1320 g/mol. The first-order valence-electron chi connectivity index (χ1n) is 46.0. The summed E-state index contributed by atoms with van der Waals surface area (Å²) in [4.78, 5) is 66.2. The number of nitrogens with zero attached hydrogens (tertiary/aromatic N) is 1. The lowest BCUT2D eigenvalue weighted by molar-refractivity contribution is -0.161. The number of esters is 2. The fourth-order valence-corrected chi connectivity index (χ4v) is 14.7.